The number of aromatic nitrogens is 1. The van der Waals surface area contributed by atoms with E-state index >= 15 is 0 Å². The summed E-state index contributed by atoms with van der Waals surface area (Å²) in [6, 6.07) is 9.04. The molecular weight excluding hydrogens is 412 g/mol. The predicted molar refractivity (Wildman–Crippen MR) is 101 cm³/mol. The average Bonchev–Trinajstić information content (AvgIpc) is 3.07. The summed E-state index contributed by atoms with van der Waals surface area (Å²) in [4.78, 5) is 0. The van der Waals surface area contributed by atoms with Crippen LogP contribution in [0.15, 0.2) is 24.3 Å². The first-order chi connectivity index (χ1) is 13.7. The summed E-state index contributed by atoms with van der Waals surface area (Å²) in [5.74, 6) is -1.32. The first-order valence-corrected chi connectivity index (χ1v) is 9.87. The van der Waals surface area contributed by atoms with Crippen LogP contribution in [0.1, 0.15) is 17.0 Å². The van der Waals surface area contributed by atoms with Crippen molar-refractivity contribution in [3.63, 3.8) is 0 Å². The molecule has 4 rings (SSSR count). The number of benzene rings is 1. The zero-order valence-corrected chi connectivity index (χ0v) is 17.9. The van der Waals surface area contributed by atoms with E-state index in [1.165, 1.54) is 12.1 Å². The van der Waals surface area contributed by atoms with E-state index in [1.54, 1.807) is 0 Å². The fourth-order valence-corrected chi connectivity index (χ4v) is 3.85. The Kier molecular flexibility index (Phi) is 8.41. The van der Waals surface area contributed by atoms with Crippen molar-refractivity contribution < 1.29 is 40.0 Å². The Morgan fingerprint density at radius 3 is 2.00 bits per heavy atom. The van der Waals surface area contributed by atoms with E-state index in [9.17, 15) is 8.78 Å². The van der Waals surface area contributed by atoms with Gasteiger partial charge in [-0.25, -0.2) is 8.78 Å². The number of halogens is 2. The van der Waals surface area contributed by atoms with Crippen molar-refractivity contribution in [2.75, 3.05) is 39.4 Å². The molecule has 2 unspecified atom stereocenters. The number of ether oxygens (including phenoxy) is 2. The van der Waals surface area contributed by atoms with Gasteiger partial charge in [0, 0.05) is 90.3 Å². The molecule has 0 bridgehead atoms. The second kappa shape index (κ2) is 10.8. The SMILES string of the molecule is Fc1[c-]c(F)c(Cn2c(CC3CNCCO3)ccc2CC2CNCCO2)cc1.[Ti]. The monoisotopic (exact) mass is 438 g/mol. The fraction of sp³-hybridized carbons (Fsp3) is 0.524. The number of nitrogens with zero attached hydrogens (tertiary/aromatic N) is 1. The van der Waals surface area contributed by atoms with Crippen LogP contribution in [0.2, 0.25) is 0 Å². The molecule has 2 N–H and O–H groups in total. The van der Waals surface area contributed by atoms with Gasteiger partial charge >= 0.3 is 0 Å². The number of rotatable bonds is 6. The molecule has 0 spiro atoms. The normalized spacial score (nSPS) is 22.3. The predicted octanol–water partition coefficient (Wildman–Crippen LogP) is 1.67. The summed E-state index contributed by atoms with van der Waals surface area (Å²) in [6.45, 7) is 5.06. The molecule has 1 aromatic carbocycles. The van der Waals surface area contributed by atoms with Crippen molar-refractivity contribution in [1.82, 2.24) is 15.2 Å². The van der Waals surface area contributed by atoms with Gasteiger partial charge in [0.05, 0.1) is 25.4 Å². The van der Waals surface area contributed by atoms with E-state index in [0.717, 1.165) is 50.4 Å². The molecule has 0 amide bonds. The van der Waals surface area contributed by atoms with Gasteiger partial charge in [-0.1, -0.05) is 0 Å². The van der Waals surface area contributed by atoms with Crippen LogP contribution >= 0.6 is 0 Å². The summed E-state index contributed by atoms with van der Waals surface area (Å²) in [5, 5.41) is 6.69. The van der Waals surface area contributed by atoms with E-state index in [1.807, 2.05) is 0 Å². The second-order valence-corrected chi connectivity index (χ2v) is 7.35. The van der Waals surface area contributed by atoms with Crippen LogP contribution in [0.3, 0.4) is 0 Å². The van der Waals surface area contributed by atoms with Crippen LogP contribution in [-0.4, -0.2) is 56.2 Å². The molecule has 2 fully saturated rings. The minimum absolute atomic E-state index is 0. The average molecular weight is 438 g/mol. The topological polar surface area (TPSA) is 47.5 Å². The van der Waals surface area contributed by atoms with Gasteiger partial charge in [-0.2, -0.15) is 6.07 Å². The maximum atomic E-state index is 14.2. The molecule has 2 atom stereocenters. The van der Waals surface area contributed by atoms with Gasteiger partial charge in [0.2, 0.25) is 0 Å². The fourth-order valence-electron chi connectivity index (χ4n) is 3.85. The van der Waals surface area contributed by atoms with Gasteiger partial charge in [0.1, 0.15) is 0 Å². The maximum absolute atomic E-state index is 14.2. The third-order valence-electron chi connectivity index (χ3n) is 5.31. The van der Waals surface area contributed by atoms with Gasteiger partial charge in [-0.3, -0.25) is 0 Å². The van der Waals surface area contributed by atoms with Gasteiger partial charge in [0.15, 0.2) is 0 Å². The summed E-state index contributed by atoms with van der Waals surface area (Å²) >= 11 is 0. The summed E-state index contributed by atoms with van der Waals surface area (Å²) in [6.07, 6.45) is 1.66. The Hall–Kier alpha value is -1.09. The van der Waals surface area contributed by atoms with Crippen LogP contribution < -0.4 is 10.6 Å². The molecule has 8 heteroatoms. The first kappa shape index (κ1) is 22.6. The Labute approximate surface area is 185 Å². The number of hydrogen-bond donors (Lipinski definition) is 2. The van der Waals surface area contributed by atoms with Crippen molar-refractivity contribution in [2.45, 2.75) is 31.6 Å². The zero-order chi connectivity index (χ0) is 19.3. The van der Waals surface area contributed by atoms with Crippen molar-refractivity contribution in [3.8, 4) is 0 Å². The van der Waals surface area contributed by atoms with Gasteiger partial charge in [-0.15, -0.1) is 17.7 Å². The molecule has 2 aromatic rings. The van der Waals surface area contributed by atoms with E-state index in [0.29, 0.717) is 25.3 Å². The molecule has 156 valence electrons. The Morgan fingerprint density at radius 1 is 0.931 bits per heavy atom. The van der Waals surface area contributed by atoms with E-state index in [4.69, 9.17) is 9.47 Å². The minimum atomic E-state index is -0.683. The van der Waals surface area contributed by atoms with Crippen molar-refractivity contribution >= 4 is 0 Å². The number of hydrogen-bond acceptors (Lipinski definition) is 4. The molecule has 2 saturated heterocycles. The quantitative estimate of drug-likeness (QED) is 0.533. The molecule has 3 heterocycles. The number of morpholine rings is 2. The van der Waals surface area contributed by atoms with Crippen LogP contribution in [0.25, 0.3) is 0 Å². The van der Waals surface area contributed by atoms with Crippen LogP contribution in [0.5, 0.6) is 0 Å². The summed E-state index contributed by atoms with van der Waals surface area (Å²) < 4.78 is 41.3. The molecule has 0 saturated carbocycles. The van der Waals surface area contributed by atoms with E-state index < -0.39 is 11.6 Å². The van der Waals surface area contributed by atoms with Gasteiger partial charge in [-0.05, 0) is 12.1 Å². The third kappa shape index (κ3) is 5.97. The maximum Gasteiger partial charge on any atom is 0.0754 e. The standard InChI is InChI=1S/C21H26F2N3O2.Ti/c22-16-2-1-15(21(23)9-16)14-26-17(10-19-12-24-5-7-27-19)3-4-18(26)11-20-13-25-6-8-28-20;/h1-4,19-20,24-25H,5-8,10-14H2;/q-1;. The minimum Gasteiger partial charge on any atom is -0.375 e. The van der Waals surface area contributed by atoms with E-state index in [-0.39, 0.29) is 33.9 Å². The smallest absolute Gasteiger partial charge is 0.0754 e. The van der Waals surface area contributed by atoms with Gasteiger partial charge < -0.3 is 24.7 Å². The zero-order valence-electron chi connectivity index (χ0n) is 16.3. The Morgan fingerprint density at radius 2 is 1.52 bits per heavy atom. The van der Waals surface area contributed by atoms with E-state index in [2.05, 4.69) is 33.4 Å². The molecular formula is C21H26F2N3O2Ti-. The number of nitrogens with one attached hydrogen (secondary N) is 2. The van der Waals surface area contributed by atoms with Crippen molar-refractivity contribution in [2.24, 2.45) is 0 Å². The third-order valence-corrected chi connectivity index (χ3v) is 5.31. The van der Waals surface area contributed by atoms with Gasteiger partial charge in [0.25, 0.3) is 0 Å². The molecule has 2 aliphatic rings. The molecule has 0 radical (unpaired) electrons. The molecule has 29 heavy (non-hydrogen) atoms. The summed E-state index contributed by atoms with van der Waals surface area (Å²) in [5.41, 5.74) is 2.58. The molecule has 0 aliphatic carbocycles. The van der Waals surface area contributed by atoms with Crippen LogP contribution in [-0.2, 0) is 50.6 Å². The Balaban J connectivity index is 0.00000240. The molecule has 1 aromatic heterocycles. The van der Waals surface area contributed by atoms with Crippen molar-refractivity contribution in [1.29, 1.82) is 0 Å². The largest absolute Gasteiger partial charge is 0.375 e. The Bertz CT molecular complexity index is 753. The second-order valence-electron chi connectivity index (χ2n) is 7.35. The van der Waals surface area contributed by atoms with Crippen molar-refractivity contribution in [3.05, 3.63) is 58.9 Å². The summed E-state index contributed by atoms with van der Waals surface area (Å²) in [7, 11) is 0. The van der Waals surface area contributed by atoms with Crippen LogP contribution in [0.4, 0.5) is 8.78 Å². The molecule has 2 aliphatic heterocycles. The molecule has 5 nitrogen and oxygen atoms in total. The van der Waals surface area contributed by atoms with Crippen LogP contribution in [0, 0.1) is 17.7 Å². The first-order valence-electron chi connectivity index (χ1n) is 9.87.